The van der Waals surface area contributed by atoms with Crippen molar-refractivity contribution in [1.82, 2.24) is 31.3 Å². The predicted octanol–water partition coefficient (Wildman–Crippen LogP) is 2.10. The summed E-state index contributed by atoms with van der Waals surface area (Å²) in [6, 6.07) is 17.2. The molecule has 0 saturated carbocycles. The second kappa shape index (κ2) is 11.4. The summed E-state index contributed by atoms with van der Waals surface area (Å²) >= 11 is 0. The van der Waals surface area contributed by atoms with E-state index in [0.717, 1.165) is 11.1 Å². The minimum Gasteiger partial charge on any atom is -0.444 e. The van der Waals surface area contributed by atoms with E-state index in [1.807, 2.05) is 60.7 Å². The topological polar surface area (TPSA) is 142 Å². The molecule has 34 heavy (non-hydrogen) atoms. The first-order valence-corrected chi connectivity index (χ1v) is 11.0. The average molecular weight is 467 g/mol. The molecule has 3 atom stereocenters. The molecule has 0 radical (unpaired) electrons. The van der Waals surface area contributed by atoms with E-state index in [9.17, 15) is 14.7 Å². The molecule has 180 valence electrons. The van der Waals surface area contributed by atoms with Gasteiger partial charge in [0.25, 0.3) is 5.91 Å². The Morgan fingerprint density at radius 2 is 1.56 bits per heavy atom. The van der Waals surface area contributed by atoms with Crippen LogP contribution in [0.3, 0.4) is 0 Å². The van der Waals surface area contributed by atoms with Gasteiger partial charge in [0, 0.05) is 6.42 Å². The Labute approximate surface area is 198 Å². The number of aliphatic hydroxyl groups is 1. The lowest BCUT2D eigenvalue weighted by Gasteiger charge is -2.27. The fourth-order valence-electron chi connectivity index (χ4n) is 3.38. The number of nitrogens with zero attached hydrogens (tertiary/aromatic N) is 3. The smallest absolute Gasteiger partial charge is 0.407 e. The number of hydrogen-bond donors (Lipinski definition) is 4. The molecule has 2 aromatic carbocycles. The summed E-state index contributed by atoms with van der Waals surface area (Å²) in [6.07, 6.45) is -1.67. The molecule has 3 aromatic rings. The van der Waals surface area contributed by atoms with Crippen molar-refractivity contribution in [2.75, 3.05) is 0 Å². The lowest BCUT2D eigenvalue weighted by molar-refractivity contribution is -0.131. The van der Waals surface area contributed by atoms with Crippen LogP contribution >= 0.6 is 0 Å². The summed E-state index contributed by atoms with van der Waals surface area (Å²) in [4.78, 5) is 25.5. The van der Waals surface area contributed by atoms with Gasteiger partial charge in [-0.25, -0.2) is 4.79 Å². The molecular weight excluding hydrogens is 436 g/mol. The first-order chi connectivity index (χ1) is 16.2. The van der Waals surface area contributed by atoms with Crippen LogP contribution in [-0.2, 0) is 22.4 Å². The highest BCUT2D eigenvalue weighted by Crippen LogP contribution is 2.16. The number of rotatable bonds is 9. The number of amides is 2. The van der Waals surface area contributed by atoms with Gasteiger partial charge < -0.3 is 20.5 Å². The molecule has 0 unspecified atom stereocenters. The van der Waals surface area contributed by atoms with E-state index in [4.69, 9.17) is 4.74 Å². The zero-order valence-electron chi connectivity index (χ0n) is 19.4. The first kappa shape index (κ1) is 24.8. The van der Waals surface area contributed by atoms with Crippen LogP contribution in [0.25, 0.3) is 0 Å². The van der Waals surface area contributed by atoms with Crippen molar-refractivity contribution in [3.63, 3.8) is 0 Å². The molecule has 1 heterocycles. The number of carbonyl (C=O) groups excluding carboxylic acids is 2. The summed E-state index contributed by atoms with van der Waals surface area (Å²) in [7, 11) is 0. The number of tetrazole rings is 1. The molecule has 0 aliphatic heterocycles. The lowest BCUT2D eigenvalue weighted by atomic mass is 9.99. The average Bonchev–Trinajstić information content (AvgIpc) is 3.33. The van der Waals surface area contributed by atoms with Crippen molar-refractivity contribution in [3.05, 3.63) is 77.6 Å². The molecule has 0 spiro atoms. The third kappa shape index (κ3) is 7.66. The number of H-pyrrole nitrogens is 1. The number of nitrogens with one attached hydrogen (secondary N) is 3. The van der Waals surface area contributed by atoms with Gasteiger partial charge in [0.1, 0.15) is 5.60 Å². The fourth-order valence-corrected chi connectivity index (χ4v) is 3.38. The van der Waals surface area contributed by atoms with Crippen LogP contribution < -0.4 is 10.6 Å². The first-order valence-electron chi connectivity index (χ1n) is 11.0. The SMILES string of the molecule is CC(C)(C)OC(=O)N[C@H](Cc1ccccc1)[C@H](O)C(=O)N[C@@H](Cc1ccccc1)c1nn[nH]n1. The van der Waals surface area contributed by atoms with Crippen LogP contribution in [0.1, 0.15) is 43.8 Å². The van der Waals surface area contributed by atoms with Gasteiger partial charge in [-0.1, -0.05) is 65.9 Å². The standard InChI is InChI=1S/C24H30N6O4/c1-24(2,3)34-23(33)26-18(14-16-10-6-4-7-11-16)20(31)22(32)25-19(21-27-29-30-28-21)15-17-12-8-5-9-13-17/h4-13,18-20,31H,14-15H2,1-3H3,(H,25,32)(H,26,33)(H,27,28,29,30)/t18-,19+,20+/m1/s1. The van der Waals surface area contributed by atoms with Gasteiger partial charge in [-0.3, -0.25) is 4.79 Å². The molecule has 0 saturated heterocycles. The summed E-state index contributed by atoms with van der Waals surface area (Å²) in [6.45, 7) is 5.21. The van der Waals surface area contributed by atoms with E-state index in [1.54, 1.807) is 20.8 Å². The molecule has 0 fully saturated rings. The molecule has 1 aromatic heterocycles. The molecule has 0 aliphatic rings. The van der Waals surface area contributed by atoms with Gasteiger partial charge in [-0.05, 0) is 38.3 Å². The van der Waals surface area contributed by atoms with Crippen molar-refractivity contribution < 1.29 is 19.4 Å². The molecule has 4 N–H and O–H groups in total. The van der Waals surface area contributed by atoms with Gasteiger partial charge in [0.2, 0.25) is 0 Å². The molecule has 0 aliphatic carbocycles. The van der Waals surface area contributed by atoms with Gasteiger partial charge in [-0.2, -0.15) is 5.21 Å². The molecule has 2 amide bonds. The zero-order valence-corrected chi connectivity index (χ0v) is 19.4. The second-order valence-electron chi connectivity index (χ2n) is 8.91. The van der Waals surface area contributed by atoms with Crippen molar-refractivity contribution in [2.24, 2.45) is 0 Å². The number of ether oxygens (including phenoxy) is 1. The number of aromatic nitrogens is 4. The second-order valence-corrected chi connectivity index (χ2v) is 8.91. The molecule has 10 nitrogen and oxygen atoms in total. The number of benzene rings is 2. The van der Waals surface area contributed by atoms with Crippen LogP contribution in [0.2, 0.25) is 0 Å². The molecule has 10 heteroatoms. The van der Waals surface area contributed by atoms with Gasteiger partial charge in [0.05, 0.1) is 12.1 Å². The van der Waals surface area contributed by atoms with E-state index in [-0.39, 0.29) is 12.2 Å². The quantitative estimate of drug-likeness (QED) is 0.378. The highest BCUT2D eigenvalue weighted by atomic mass is 16.6. The van der Waals surface area contributed by atoms with Crippen molar-refractivity contribution in [1.29, 1.82) is 0 Å². The normalized spacial score (nSPS) is 14.0. The highest BCUT2D eigenvalue weighted by molar-refractivity contribution is 5.82. The van der Waals surface area contributed by atoms with E-state index in [0.29, 0.717) is 6.42 Å². The molecule has 0 bridgehead atoms. The molecular formula is C24H30N6O4. The monoisotopic (exact) mass is 466 g/mol. The van der Waals surface area contributed by atoms with Gasteiger partial charge >= 0.3 is 6.09 Å². The van der Waals surface area contributed by atoms with Crippen molar-refractivity contribution in [3.8, 4) is 0 Å². The minimum absolute atomic E-state index is 0.222. The third-order valence-electron chi connectivity index (χ3n) is 4.92. The lowest BCUT2D eigenvalue weighted by Crippen LogP contribution is -2.53. The number of aliphatic hydroxyl groups excluding tert-OH is 1. The highest BCUT2D eigenvalue weighted by Gasteiger charge is 2.32. The van der Waals surface area contributed by atoms with Crippen molar-refractivity contribution >= 4 is 12.0 Å². The van der Waals surface area contributed by atoms with Crippen LogP contribution in [0.5, 0.6) is 0 Å². The summed E-state index contributed by atoms with van der Waals surface area (Å²) in [5, 5.41) is 30.3. The van der Waals surface area contributed by atoms with E-state index >= 15 is 0 Å². The maximum Gasteiger partial charge on any atom is 0.407 e. The minimum atomic E-state index is -1.56. The summed E-state index contributed by atoms with van der Waals surface area (Å²) in [5.41, 5.74) is 1.06. The predicted molar refractivity (Wildman–Crippen MR) is 125 cm³/mol. The summed E-state index contributed by atoms with van der Waals surface area (Å²) in [5.74, 6) is -0.396. The molecule has 3 rings (SSSR count). The van der Waals surface area contributed by atoms with E-state index in [2.05, 4.69) is 31.3 Å². The Kier molecular flexibility index (Phi) is 8.31. The largest absolute Gasteiger partial charge is 0.444 e. The number of alkyl carbamates (subject to hydrolysis) is 1. The third-order valence-corrected chi connectivity index (χ3v) is 4.92. The maximum atomic E-state index is 13.1. The zero-order chi connectivity index (χ0) is 24.6. The van der Waals surface area contributed by atoms with Crippen molar-refractivity contribution in [2.45, 2.75) is 57.4 Å². The Balaban J connectivity index is 1.76. The van der Waals surface area contributed by atoms with Gasteiger partial charge in [-0.15, -0.1) is 10.2 Å². The maximum absolute atomic E-state index is 13.1. The van der Waals surface area contributed by atoms with E-state index < -0.39 is 35.8 Å². The Morgan fingerprint density at radius 1 is 0.971 bits per heavy atom. The van der Waals surface area contributed by atoms with E-state index in [1.165, 1.54) is 0 Å². The number of hydrogen-bond acceptors (Lipinski definition) is 7. The van der Waals surface area contributed by atoms with Crippen LogP contribution in [0.15, 0.2) is 60.7 Å². The van der Waals surface area contributed by atoms with Crippen LogP contribution in [0, 0.1) is 0 Å². The number of aromatic amines is 1. The summed E-state index contributed by atoms with van der Waals surface area (Å²) < 4.78 is 5.33. The Hall–Kier alpha value is -3.79. The fraction of sp³-hybridized carbons (Fsp3) is 0.375. The van der Waals surface area contributed by atoms with Gasteiger partial charge in [0.15, 0.2) is 11.9 Å². The van der Waals surface area contributed by atoms with Crippen LogP contribution in [0.4, 0.5) is 4.79 Å². The number of carbonyl (C=O) groups is 2. The Morgan fingerprint density at radius 3 is 2.09 bits per heavy atom. The Bertz CT molecular complexity index is 1040. The van der Waals surface area contributed by atoms with Crippen LogP contribution in [-0.4, -0.2) is 55.5 Å².